The number of hydrogen-bond donors (Lipinski definition) is 0. The van der Waals surface area contributed by atoms with Gasteiger partial charge in [-0.1, -0.05) is 13.8 Å². The lowest BCUT2D eigenvalue weighted by molar-refractivity contribution is -0.133. The molecule has 110 valence electrons. The van der Waals surface area contributed by atoms with Gasteiger partial charge in [-0.15, -0.1) is 0 Å². The number of carbonyl (C=O) groups is 1. The summed E-state index contributed by atoms with van der Waals surface area (Å²) in [6.07, 6.45) is 1.65. The van der Waals surface area contributed by atoms with E-state index in [1.54, 1.807) is 13.4 Å². The molecule has 0 N–H and O–H groups in total. The molecule has 1 saturated heterocycles. The van der Waals surface area contributed by atoms with Crippen LogP contribution in [0, 0.1) is 11.8 Å². The quantitative estimate of drug-likeness (QED) is 0.805. The average Bonchev–Trinajstić information content (AvgIpc) is 2.98. The summed E-state index contributed by atoms with van der Waals surface area (Å²) in [7, 11) is 1.63. The van der Waals surface area contributed by atoms with Crippen LogP contribution in [0.15, 0.2) is 47.1 Å². The molecule has 2 heterocycles. The van der Waals surface area contributed by atoms with Gasteiger partial charge in [0.05, 0.1) is 19.3 Å². The van der Waals surface area contributed by atoms with Crippen LogP contribution in [0.4, 0.5) is 5.69 Å². The molecule has 0 unspecified atom stereocenters. The zero-order chi connectivity index (χ0) is 15.0. The molecule has 0 bridgehead atoms. The molecule has 0 aliphatic carbocycles. The molecule has 21 heavy (non-hydrogen) atoms. The molecule has 1 aromatic carbocycles. The van der Waals surface area contributed by atoms with Gasteiger partial charge in [0.1, 0.15) is 17.6 Å². The summed E-state index contributed by atoms with van der Waals surface area (Å²) >= 11 is 0. The van der Waals surface area contributed by atoms with Crippen LogP contribution in [0.3, 0.4) is 0 Å². The minimum absolute atomic E-state index is 0.0269. The zero-order valence-corrected chi connectivity index (χ0v) is 12.4. The van der Waals surface area contributed by atoms with Gasteiger partial charge in [-0.2, -0.15) is 0 Å². The Kier molecular flexibility index (Phi) is 3.45. The maximum Gasteiger partial charge on any atom is 0.233 e. The number of amides is 1. The van der Waals surface area contributed by atoms with Crippen molar-refractivity contribution in [2.45, 2.75) is 19.9 Å². The van der Waals surface area contributed by atoms with E-state index in [1.807, 2.05) is 41.3 Å². The highest BCUT2D eigenvalue weighted by Crippen LogP contribution is 2.46. The van der Waals surface area contributed by atoms with Crippen LogP contribution in [-0.4, -0.2) is 13.0 Å². The van der Waals surface area contributed by atoms with Crippen molar-refractivity contribution in [1.29, 1.82) is 0 Å². The normalized spacial score (nSPS) is 21.5. The Morgan fingerprint density at radius 3 is 2.43 bits per heavy atom. The molecular weight excluding hydrogens is 266 g/mol. The molecule has 1 aliphatic heterocycles. The molecule has 1 fully saturated rings. The van der Waals surface area contributed by atoms with Crippen LogP contribution in [0.5, 0.6) is 5.75 Å². The highest BCUT2D eigenvalue weighted by Gasteiger charge is 2.51. The molecule has 2 atom stereocenters. The number of benzene rings is 1. The van der Waals surface area contributed by atoms with E-state index in [9.17, 15) is 4.79 Å². The maximum absolute atomic E-state index is 12.5. The molecule has 1 aliphatic rings. The molecule has 4 nitrogen and oxygen atoms in total. The number of methoxy groups -OCH3 is 1. The number of β-lactam (4-membered cyclic amide) rings is 1. The van der Waals surface area contributed by atoms with Crippen LogP contribution in [0.1, 0.15) is 25.6 Å². The Hall–Kier alpha value is -2.23. The number of hydrogen-bond acceptors (Lipinski definition) is 3. The van der Waals surface area contributed by atoms with E-state index in [-0.39, 0.29) is 23.8 Å². The molecule has 3 rings (SSSR count). The summed E-state index contributed by atoms with van der Waals surface area (Å²) < 4.78 is 10.7. The fourth-order valence-corrected chi connectivity index (χ4v) is 2.96. The minimum atomic E-state index is -0.0294. The van der Waals surface area contributed by atoms with E-state index in [1.165, 1.54) is 0 Å². The first-order valence-corrected chi connectivity index (χ1v) is 7.14. The van der Waals surface area contributed by atoms with Gasteiger partial charge in [0.2, 0.25) is 5.91 Å². The lowest BCUT2D eigenvalue weighted by Gasteiger charge is -2.47. The lowest BCUT2D eigenvalue weighted by Crippen LogP contribution is -2.57. The van der Waals surface area contributed by atoms with Crippen molar-refractivity contribution in [3.05, 3.63) is 48.4 Å². The second-order valence-electron chi connectivity index (χ2n) is 5.64. The Balaban J connectivity index is 1.94. The van der Waals surface area contributed by atoms with Gasteiger partial charge in [0.25, 0.3) is 0 Å². The van der Waals surface area contributed by atoms with Crippen molar-refractivity contribution >= 4 is 11.6 Å². The smallest absolute Gasteiger partial charge is 0.233 e. The predicted octanol–water partition coefficient (Wildman–Crippen LogP) is 3.65. The molecule has 0 spiro atoms. The van der Waals surface area contributed by atoms with E-state index in [4.69, 9.17) is 9.15 Å². The number of furan rings is 1. The summed E-state index contributed by atoms with van der Waals surface area (Å²) in [4.78, 5) is 14.3. The monoisotopic (exact) mass is 285 g/mol. The van der Waals surface area contributed by atoms with Gasteiger partial charge in [-0.05, 0) is 42.3 Å². The second-order valence-corrected chi connectivity index (χ2v) is 5.64. The number of anilines is 1. The van der Waals surface area contributed by atoms with E-state index in [2.05, 4.69) is 13.8 Å². The zero-order valence-electron chi connectivity index (χ0n) is 12.4. The first kappa shape index (κ1) is 13.7. The first-order chi connectivity index (χ1) is 10.1. The van der Waals surface area contributed by atoms with E-state index in [0.29, 0.717) is 0 Å². The van der Waals surface area contributed by atoms with Crippen molar-refractivity contribution in [1.82, 2.24) is 0 Å². The molecule has 0 radical (unpaired) electrons. The van der Waals surface area contributed by atoms with E-state index in [0.717, 1.165) is 17.2 Å². The third-order valence-corrected chi connectivity index (χ3v) is 4.04. The first-order valence-electron chi connectivity index (χ1n) is 7.14. The predicted molar refractivity (Wildman–Crippen MR) is 80.3 cm³/mol. The molecule has 2 aromatic rings. The van der Waals surface area contributed by atoms with E-state index >= 15 is 0 Å². The number of ether oxygens (including phenoxy) is 1. The summed E-state index contributed by atoms with van der Waals surface area (Å²) in [6.45, 7) is 4.15. The van der Waals surface area contributed by atoms with Gasteiger partial charge in [0, 0.05) is 5.69 Å². The molecule has 0 saturated carbocycles. The third-order valence-electron chi connectivity index (χ3n) is 4.04. The minimum Gasteiger partial charge on any atom is -0.497 e. The van der Waals surface area contributed by atoms with Crippen LogP contribution in [0.2, 0.25) is 0 Å². The SMILES string of the molecule is COc1ccc(N2C(=O)[C@H](C(C)C)[C@H]2c2ccco2)cc1. The fourth-order valence-electron chi connectivity index (χ4n) is 2.96. The topological polar surface area (TPSA) is 42.7 Å². The second kappa shape index (κ2) is 5.28. The van der Waals surface area contributed by atoms with Crippen molar-refractivity contribution in [2.24, 2.45) is 11.8 Å². The van der Waals surface area contributed by atoms with Gasteiger partial charge in [0.15, 0.2) is 0 Å². The third kappa shape index (κ3) is 2.20. The van der Waals surface area contributed by atoms with Crippen molar-refractivity contribution < 1.29 is 13.9 Å². The summed E-state index contributed by atoms with van der Waals surface area (Å²) in [5, 5.41) is 0. The highest BCUT2D eigenvalue weighted by molar-refractivity contribution is 6.03. The largest absolute Gasteiger partial charge is 0.497 e. The van der Waals surface area contributed by atoms with Gasteiger partial charge < -0.3 is 14.1 Å². The number of nitrogens with zero attached hydrogens (tertiary/aromatic N) is 1. The summed E-state index contributed by atoms with van der Waals surface area (Å²) in [6, 6.07) is 11.3. The van der Waals surface area contributed by atoms with Crippen molar-refractivity contribution in [2.75, 3.05) is 12.0 Å². The fraction of sp³-hybridized carbons (Fsp3) is 0.353. The molecule has 1 amide bonds. The van der Waals surface area contributed by atoms with E-state index < -0.39 is 0 Å². The summed E-state index contributed by atoms with van der Waals surface area (Å²) in [5.74, 6) is 2.02. The van der Waals surface area contributed by atoms with Crippen molar-refractivity contribution in [3.63, 3.8) is 0 Å². The Bertz CT molecular complexity index is 616. The van der Waals surface area contributed by atoms with Gasteiger partial charge >= 0.3 is 0 Å². The summed E-state index contributed by atoms with van der Waals surface area (Å²) in [5.41, 5.74) is 0.874. The Labute approximate surface area is 124 Å². The Morgan fingerprint density at radius 2 is 1.90 bits per heavy atom. The highest BCUT2D eigenvalue weighted by atomic mass is 16.5. The maximum atomic E-state index is 12.5. The lowest BCUT2D eigenvalue weighted by atomic mass is 9.77. The van der Waals surface area contributed by atoms with Crippen molar-refractivity contribution in [3.8, 4) is 5.75 Å². The Morgan fingerprint density at radius 1 is 1.19 bits per heavy atom. The number of rotatable bonds is 4. The van der Waals surface area contributed by atoms with Gasteiger partial charge in [-0.25, -0.2) is 0 Å². The van der Waals surface area contributed by atoms with Crippen LogP contribution >= 0.6 is 0 Å². The number of carbonyl (C=O) groups excluding carboxylic acids is 1. The molecule has 1 aromatic heterocycles. The van der Waals surface area contributed by atoms with Crippen LogP contribution in [0.25, 0.3) is 0 Å². The van der Waals surface area contributed by atoms with Gasteiger partial charge in [-0.3, -0.25) is 4.79 Å². The average molecular weight is 285 g/mol. The molecule has 4 heteroatoms. The standard InChI is InChI=1S/C17H19NO3/c1-11(2)15-16(14-5-4-10-21-14)18(17(15)19)12-6-8-13(20-3)9-7-12/h4-11,15-16H,1-3H3/t15-,16-/m1/s1. The molecular formula is C17H19NO3. The van der Waals surface area contributed by atoms with Crippen LogP contribution < -0.4 is 9.64 Å². The van der Waals surface area contributed by atoms with Crippen LogP contribution in [-0.2, 0) is 4.79 Å².